The van der Waals surface area contributed by atoms with Crippen molar-refractivity contribution in [1.82, 2.24) is 0 Å². The molecular weight excluding hydrogens is 268 g/mol. The summed E-state index contributed by atoms with van der Waals surface area (Å²) in [7, 11) is 0. The summed E-state index contributed by atoms with van der Waals surface area (Å²) in [5, 5.41) is 11.5. The molecule has 2 aromatic rings. The van der Waals surface area contributed by atoms with Gasteiger partial charge in [0.05, 0.1) is 5.56 Å². The molecule has 0 aliphatic carbocycles. The molecular formula is C16H16N2O3. The van der Waals surface area contributed by atoms with Gasteiger partial charge < -0.3 is 16.2 Å². The molecule has 0 unspecified atom stereocenters. The molecule has 5 nitrogen and oxygen atoms in total. The SMILES string of the molecule is Nc1ccc(CCC(=O)Nc2ccc(C(=O)O)cc2)cc1. The van der Waals surface area contributed by atoms with E-state index in [-0.39, 0.29) is 11.5 Å². The van der Waals surface area contributed by atoms with Crippen LogP contribution in [0.2, 0.25) is 0 Å². The van der Waals surface area contributed by atoms with E-state index >= 15 is 0 Å². The quantitative estimate of drug-likeness (QED) is 0.736. The molecule has 5 heteroatoms. The van der Waals surface area contributed by atoms with E-state index in [9.17, 15) is 9.59 Å². The monoisotopic (exact) mass is 284 g/mol. The number of benzene rings is 2. The van der Waals surface area contributed by atoms with Crippen molar-refractivity contribution in [2.45, 2.75) is 12.8 Å². The van der Waals surface area contributed by atoms with Crippen LogP contribution in [-0.4, -0.2) is 17.0 Å². The molecule has 0 atom stereocenters. The molecule has 0 aliphatic rings. The van der Waals surface area contributed by atoms with Crippen molar-refractivity contribution in [3.05, 3.63) is 59.7 Å². The third-order valence-electron chi connectivity index (χ3n) is 3.04. The number of aromatic carboxylic acids is 1. The normalized spacial score (nSPS) is 10.1. The highest BCUT2D eigenvalue weighted by Crippen LogP contribution is 2.11. The van der Waals surface area contributed by atoms with Crippen LogP contribution in [0.25, 0.3) is 0 Å². The molecule has 4 N–H and O–H groups in total. The molecule has 0 bridgehead atoms. The zero-order chi connectivity index (χ0) is 15.2. The standard InChI is InChI=1S/C16H16N2O3/c17-13-6-1-11(2-7-13)3-10-15(19)18-14-8-4-12(5-9-14)16(20)21/h1-2,4-9H,3,10,17H2,(H,18,19)(H,20,21). The van der Waals surface area contributed by atoms with Gasteiger partial charge in [-0.15, -0.1) is 0 Å². The van der Waals surface area contributed by atoms with Crippen LogP contribution in [0.15, 0.2) is 48.5 Å². The highest BCUT2D eigenvalue weighted by molar-refractivity contribution is 5.92. The second-order valence-electron chi connectivity index (χ2n) is 4.67. The molecule has 0 saturated carbocycles. The van der Waals surface area contributed by atoms with Gasteiger partial charge in [-0.25, -0.2) is 4.79 Å². The molecule has 2 rings (SSSR count). The maximum atomic E-state index is 11.8. The minimum absolute atomic E-state index is 0.116. The molecule has 0 aliphatic heterocycles. The molecule has 0 aromatic heterocycles. The Morgan fingerprint density at radius 2 is 1.62 bits per heavy atom. The first-order chi connectivity index (χ1) is 10.0. The Hall–Kier alpha value is -2.82. The van der Waals surface area contributed by atoms with Crippen molar-refractivity contribution in [2.75, 3.05) is 11.1 Å². The van der Waals surface area contributed by atoms with Crippen molar-refractivity contribution >= 4 is 23.3 Å². The summed E-state index contributed by atoms with van der Waals surface area (Å²) < 4.78 is 0. The number of nitrogens with two attached hydrogens (primary N) is 1. The Morgan fingerprint density at radius 1 is 1.00 bits per heavy atom. The summed E-state index contributed by atoms with van der Waals surface area (Å²) in [6.45, 7) is 0. The fourth-order valence-electron chi connectivity index (χ4n) is 1.86. The van der Waals surface area contributed by atoms with Crippen LogP contribution < -0.4 is 11.1 Å². The van der Waals surface area contributed by atoms with E-state index in [0.29, 0.717) is 24.2 Å². The van der Waals surface area contributed by atoms with Crippen LogP contribution in [0, 0.1) is 0 Å². The van der Waals surface area contributed by atoms with Gasteiger partial charge >= 0.3 is 5.97 Å². The van der Waals surface area contributed by atoms with E-state index in [2.05, 4.69) is 5.32 Å². The van der Waals surface area contributed by atoms with Crippen LogP contribution in [0.5, 0.6) is 0 Å². The minimum atomic E-state index is -0.990. The number of anilines is 2. The molecule has 0 spiro atoms. The maximum Gasteiger partial charge on any atom is 0.335 e. The van der Waals surface area contributed by atoms with E-state index in [1.807, 2.05) is 12.1 Å². The number of nitrogens with one attached hydrogen (secondary N) is 1. The van der Waals surface area contributed by atoms with E-state index in [1.54, 1.807) is 24.3 Å². The Morgan fingerprint density at radius 3 is 2.19 bits per heavy atom. The predicted octanol–water partition coefficient (Wildman–Crippen LogP) is 2.54. The van der Waals surface area contributed by atoms with Crippen LogP contribution in [-0.2, 0) is 11.2 Å². The van der Waals surface area contributed by atoms with E-state index < -0.39 is 5.97 Å². The molecule has 2 aromatic carbocycles. The average molecular weight is 284 g/mol. The highest BCUT2D eigenvalue weighted by Gasteiger charge is 2.05. The number of amides is 1. The molecule has 1 amide bonds. The molecule has 0 heterocycles. The van der Waals surface area contributed by atoms with Crippen LogP contribution in [0.4, 0.5) is 11.4 Å². The highest BCUT2D eigenvalue weighted by atomic mass is 16.4. The van der Waals surface area contributed by atoms with E-state index in [0.717, 1.165) is 5.56 Å². The van der Waals surface area contributed by atoms with Crippen LogP contribution in [0.1, 0.15) is 22.3 Å². The first kappa shape index (κ1) is 14.6. The third kappa shape index (κ3) is 4.35. The van der Waals surface area contributed by atoms with Gasteiger partial charge in [0, 0.05) is 17.8 Å². The number of hydrogen-bond acceptors (Lipinski definition) is 3. The molecule has 0 saturated heterocycles. The zero-order valence-corrected chi connectivity index (χ0v) is 11.4. The van der Waals surface area contributed by atoms with Gasteiger partial charge in [-0.2, -0.15) is 0 Å². The van der Waals surface area contributed by atoms with Gasteiger partial charge in [-0.05, 0) is 48.4 Å². The van der Waals surface area contributed by atoms with Gasteiger partial charge in [-0.3, -0.25) is 4.79 Å². The lowest BCUT2D eigenvalue weighted by molar-refractivity contribution is -0.116. The third-order valence-corrected chi connectivity index (χ3v) is 3.04. The van der Waals surface area contributed by atoms with E-state index in [1.165, 1.54) is 12.1 Å². The summed E-state index contributed by atoms with van der Waals surface area (Å²) in [5.74, 6) is -1.11. The Kier molecular flexibility index (Phi) is 4.56. The first-order valence-corrected chi connectivity index (χ1v) is 6.52. The summed E-state index contributed by atoms with van der Waals surface area (Å²) in [4.78, 5) is 22.5. The second-order valence-corrected chi connectivity index (χ2v) is 4.67. The number of nitrogen functional groups attached to an aromatic ring is 1. The van der Waals surface area contributed by atoms with Crippen LogP contribution in [0.3, 0.4) is 0 Å². The zero-order valence-electron chi connectivity index (χ0n) is 11.4. The van der Waals surface area contributed by atoms with Gasteiger partial charge in [0.25, 0.3) is 0 Å². The van der Waals surface area contributed by atoms with Crippen LogP contribution >= 0.6 is 0 Å². The number of carboxylic acids is 1. The van der Waals surface area contributed by atoms with Crippen molar-refractivity contribution in [3.8, 4) is 0 Å². The number of aryl methyl sites for hydroxylation is 1. The lowest BCUT2D eigenvalue weighted by atomic mass is 10.1. The largest absolute Gasteiger partial charge is 0.478 e. The number of carboxylic acid groups (broad SMARTS) is 1. The number of carbonyl (C=O) groups is 2. The number of carbonyl (C=O) groups excluding carboxylic acids is 1. The number of rotatable bonds is 5. The molecule has 0 radical (unpaired) electrons. The van der Waals surface area contributed by atoms with Crippen molar-refractivity contribution in [2.24, 2.45) is 0 Å². The predicted molar refractivity (Wildman–Crippen MR) is 81.2 cm³/mol. The summed E-state index contributed by atoms with van der Waals surface area (Å²) >= 11 is 0. The van der Waals surface area contributed by atoms with Crippen molar-refractivity contribution < 1.29 is 14.7 Å². The topological polar surface area (TPSA) is 92.4 Å². The number of hydrogen-bond donors (Lipinski definition) is 3. The fraction of sp³-hybridized carbons (Fsp3) is 0.125. The summed E-state index contributed by atoms with van der Waals surface area (Å²) in [6, 6.07) is 13.5. The lowest BCUT2D eigenvalue weighted by Gasteiger charge is -2.06. The smallest absolute Gasteiger partial charge is 0.335 e. The minimum Gasteiger partial charge on any atom is -0.478 e. The first-order valence-electron chi connectivity index (χ1n) is 6.52. The summed E-state index contributed by atoms with van der Waals surface area (Å²) in [5.41, 5.74) is 8.11. The van der Waals surface area contributed by atoms with Gasteiger partial charge in [0.1, 0.15) is 0 Å². The Labute approximate surface area is 122 Å². The van der Waals surface area contributed by atoms with Gasteiger partial charge in [0.15, 0.2) is 0 Å². The van der Waals surface area contributed by atoms with E-state index in [4.69, 9.17) is 10.8 Å². The second kappa shape index (κ2) is 6.56. The maximum absolute atomic E-state index is 11.8. The van der Waals surface area contributed by atoms with Gasteiger partial charge in [-0.1, -0.05) is 12.1 Å². The summed E-state index contributed by atoms with van der Waals surface area (Å²) in [6.07, 6.45) is 0.976. The average Bonchev–Trinajstić information content (AvgIpc) is 2.47. The molecule has 108 valence electrons. The molecule has 0 fully saturated rings. The van der Waals surface area contributed by atoms with Crippen molar-refractivity contribution in [3.63, 3.8) is 0 Å². The van der Waals surface area contributed by atoms with Gasteiger partial charge in [0.2, 0.25) is 5.91 Å². The Balaban J connectivity index is 1.86. The Bertz CT molecular complexity index is 634. The molecule has 21 heavy (non-hydrogen) atoms. The van der Waals surface area contributed by atoms with Crippen molar-refractivity contribution in [1.29, 1.82) is 0 Å². The lowest BCUT2D eigenvalue weighted by Crippen LogP contribution is -2.12. The fourth-order valence-corrected chi connectivity index (χ4v) is 1.86.